The van der Waals surface area contributed by atoms with E-state index in [1.807, 2.05) is 13.0 Å². The Kier molecular flexibility index (Phi) is 8.80. The summed E-state index contributed by atoms with van der Waals surface area (Å²) in [5.41, 5.74) is 4.73. The lowest BCUT2D eigenvalue weighted by molar-refractivity contribution is 0.0734. The number of benzene rings is 4. The summed E-state index contributed by atoms with van der Waals surface area (Å²) in [6.07, 6.45) is 1.36. The van der Waals surface area contributed by atoms with Crippen molar-refractivity contribution in [2.75, 3.05) is 4.72 Å². The number of anilines is 1. The first-order valence-electron chi connectivity index (χ1n) is 11.4. The summed E-state index contributed by atoms with van der Waals surface area (Å²) in [7, 11) is -3.82. The zero-order valence-electron chi connectivity index (χ0n) is 20.4. The van der Waals surface area contributed by atoms with Crippen LogP contribution in [-0.4, -0.2) is 26.5 Å². The van der Waals surface area contributed by atoms with Crippen molar-refractivity contribution in [3.8, 4) is 5.75 Å². The van der Waals surface area contributed by atoms with Gasteiger partial charge in [-0.1, -0.05) is 45.2 Å². The molecule has 0 radical (unpaired) electrons. The minimum Gasteiger partial charge on any atom is -0.422 e. The Morgan fingerprint density at radius 2 is 1.64 bits per heavy atom. The third-order valence-electron chi connectivity index (χ3n) is 5.32. The van der Waals surface area contributed by atoms with Crippen LogP contribution in [0.2, 0.25) is 5.02 Å². The van der Waals surface area contributed by atoms with Gasteiger partial charge in [-0.2, -0.15) is 5.10 Å². The Bertz CT molecular complexity index is 1660. The van der Waals surface area contributed by atoms with E-state index in [9.17, 15) is 18.0 Å². The van der Waals surface area contributed by atoms with Crippen LogP contribution >= 0.6 is 27.5 Å². The van der Waals surface area contributed by atoms with Crippen molar-refractivity contribution in [2.45, 2.75) is 11.8 Å². The lowest BCUT2D eigenvalue weighted by atomic mass is 10.1. The van der Waals surface area contributed by atoms with Gasteiger partial charge in [0.15, 0.2) is 0 Å². The number of esters is 1. The van der Waals surface area contributed by atoms with Crippen LogP contribution in [-0.2, 0) is 10.0 Å². The highest BCUT2D eigenvalue weighted by molar-refractivity contribution is 9.10. The molecular formula is C28H21BrClN3O5S. The van der Waals surface area contributed by atoms with E-state index in [-0.39, 0.29) is 21.9 Å². The summed E-state index contributed by atoms with van der Waals surface area (Å²) in [6.45, 7) is 1.88. The van der Waals surface area contributed by atoms with Crippen LogP contribution in [0.4, 0.5) is 5.69 Å². The monoisotopic (exact) mass is 625 g/mol. The summed E-state index contributed by atoms with van der Waals surface area (Å²) in [6, 6.07) is 23.7. The molecule has 0 heterocycles. The van der Waals surface area contributed by atoms with Gasteiger partial charge in [0.1, 0.15) is 5.75 Å². The molecule has 0 aromatic heterocycles. The molecule has 8 nitrogen and oxygen atoms in total. The average molecular weight is 627 g/mol. The first kappa shape index (κ1) is 28.0. The molecule has 0 atom stereocenters. The molecule has 1 amide bonds. The van der Waals surface area contributed by atoms with Gasteiger partial charge in [0.05, 0.1) is 16.7 Å². The Morgan fingerprint density at radius 3 is 2.33 bits per heavy atom. The van der Waals surface area contributed by atoms with Gasteiger partial charge in [-0.25, -0.2) is 18.6 Å². The van der Waals surface area contributed by atoms with E-state index in [0.29, 0.717) is 16.1 Å². The highest BCUT2D eigenvalue weighted by atomic mass is 79.9. The SMILES string of the molecule is Cc1cccc(C(=O)Oc2ccc(Br)cc2/C=N/NC(=O)c2ccc(NS(=O)(=O)c3ccc(Cl)cc3)cc2)c1. The molecule has 0 aliphatic heterocycles. The van der Waals surface area contributed by atoms with Crippen LogP contribution in [0.15, 0.2) is 105 Å². The van der Waals surface area contributed by atoms with Gasteiger partial charge < -0.3 is 4.74 Å². The Balaban J connectivity index is 1.41. The van der Waals surface area contributed by atoms with E-state index in [2.05, 4.69) is 31.2 Å². The van der Waals surface area contributed by atoms with E-state index in [0.717, 1.165) is 10.0 Å². The quantitative estimate of drug-likeness (QED) is 0.105. The minimum absolute atomic E-state index is 0.0551. The van der Waals surface area contributed by atoms with Crippen LogP contribution in [0.25, 0.3) is 0 Å². The van der Waals surface area contributed by atoms with E-state index >= 15 is 0 Å². The first-order valence-corrected chi connectivity index (χ1v) is 14.1. The van der Waals surface area contributed by atoms with Crippen molar-refractivity contribution in [2.24, 2.45) is 5.10 Å². The van der Waals surface area contributed by atoms with Gasteiger partial charge in [0.25, 0.3) is 15.9 Å². The third kappa shape index (κ3) is 7.53. The number of halogens is 2. The van der Waals surface area contributed by atoms with Crippen LogP contribution in [0, 0.1) is 6.92 Å². The van der Waals surface area contributed by atoms with Gasteiger partial charge in [0.2, 0.25) is 0 Å². The highest BCUT2D eigenvalue weighted by Gasteiger charge is 2.15. The summed E-state index contributed by atoms with van der Waals surface area (Å²) >= 11 is 9.19. The molecule has 198 valence electrons. The fourth-order valence-electron chi connectivity index (χ4n) is 3.39. The minimum atomic E-state index is -3.82. The number of sulfonamides is 1. The number of hydrogen-bond donors (Lipinski definition) is 2. The second-order valence-electron chi connectivity index (χ2n) is 8.28. The molecule has 0 fully saturated rings. The zero-order chi connectivity index (χ0) is 28.0. The predicted molar refractivity (Wildman–Crippen MR) is 154 cm³/mol. The maximum absolute atomic E-state index is 12.6. The number of carbonyl (C=O) groups excluding carboxylic acids is 2. The maximum Gasteiger partial charge on any atom is 0.343 e. The van der Waals surface area contributed by atoms with E-state index in [4.69, 9.17) is 16.3 Å². The van der Waals surface area contributed by atoms with Gasteiger partial charge >= 0.3 is 5.97 Å². The molecule has 4 rings (SSSR count). The van der Waals surface area contributed by atoms with Crippen LogP contribution < -0.4 is 14.9 Å². The lowest BCUT2D eigenvalue weighted by Crippen LogP contribution is -2.18. The Labute approximate surface area is 238 Å². The topological polar surface area (TPSA) is 114 Å². The Morgan fingerprint density at radius 1 is 0.923 bits per heavy atom. The predicted octanol–water partition coefficient (Wildman–Crippen LogP) is 6.19. The standard InChI is InChI=1S/C28H21BrClN3O5S/c1-18-3-2-4-20(15-18)28(35)38-26-14-7-22(29)16-21(26)17-31-32-27(34)19-5-10-24(11-6-19)33-39(36,37)25-12-8-23(30)9-13-25/h2-17,33H,1H3,(H,32,34)/b31-17+. The van der Waals surface area contributed by atoms with Gasteiger partial charge in [0, 0.05) is 26.3 Å². The van der Waals surface area contributed by atoms with E-state index in [1.54, 1.807) is 36.4 Å². The smallest absolute Gasteiger partial charge is 0.343 e. The molecule has 0 saturated carbocycles. The largest absolute Gasteiger partial charge is 0.422 e. The number of amides is 1. The Hall–Kier alpha value is -3.99. The fourth-order valence-corrected chi connectivity index (χ4v) is 4.95. The molecule has 11 heteroatoms. The molecule has 2 N–H and O–H groups in total. The number of ether oxygens (including phenoxy) is 1. The molecule has 4 aromatic rings. The number of carbonyl (C=O) groups is 2. The second-order valence-corrected chi connectivity index (χ2v) is 11.3. The lowest BCUT2D eigenvalue weighted by Gasteiger charge is -2.09. The van der Waals surface area contributed by atoms with Crippen LogP contribution in [0.3, 0.4) is 0 Å². The highest BCUT2D eigenvalue weighted by Crippen LogP contribution is 2.23. The van der Waals surface area contributed by atoms with Crippen molar-refractivity contribution in [1.29, 1.82) is 0 Å². The number of hydrazone groups is 1. The fraction of sp³-hybridized carbons (Fsp3) is 0.0357. The van der Waals surface area contributed by atoms with Crippen molar-refractivity contribution in [1.82, 2.24) is 5.43 Å². The molecule has 0 aliphatic rings. The van der Waals surface area contributed by atoms with Crippen molar-refractivity contribution >= 4 is 61.3 Å². The average Bonchev–Trinajstić information content (AvgIpc) is 2.90. The summed E-state index contributed by atoms with van der Waals surface area (Å²) in [4.78, 5) is 25.2. The molecule has 0 spiro atoms. The first-order chi connectivity index (χ1) is 18.6. The number of aryl methyl sites for hydroxylation is 1. The molecule has 0 saturated heterocycles. The number of nitrogens with one attached hydrogen (secondary N) is 2. The molecule has 39 heavy (non-hydrogen) atoms. The van der Waals surface area contributed by atoms with Gasteiger partial charge in [-0.3, -0.25) is 9.52 Å². The molecular weight excluding hydrogens is 606 g/mol. The van der Waals surface area contributed by atoms with Gasteiger partial charge in [-0.05, 0) is 85.8 Å². The third-order valence-corrected chi connectivity index (χ3v) is 7.46. The molecule has 0 aliphatic carbocycles. The van der Waals surface area contributed by atoms with E-state index < -0.39 is 21.9 Å². The van der Waals surface area contributed by atoms with E-state index in [1.165, 1.54) is 54.7 Å². The maximum atomic E-state index is 12.6. The van der Waals surface area contributed by atoms with Gasteiger partial charge in [-0.15, -0.1) is 0 Å². The van der Waals surface area contributed by atoms with Crippen molar-refractivity contribution in [3.63, 3.8) is 0 Å². The molecule has 4 aromatic carbocycles. The normalized spacial score (nSPS) is 11.3. The number of hydrogen-bond acceptors (Lipinski definition) is 6. The summed E-state index contributed by atoms with van der Waals surface area (Å²) in [5, 5.41) is 4.41. The number of rotatable bonds is 8. The van der Waals surface area contributed by atoms with Crippen LogP contribution in [0.1, 0.15) is 31.8 Å². The summed E-state index contributed by atoms with van der Waals surface area (Å²) in [5.74, 6) is -0.779. The molecule has 0 unspecified atom stereocenters. The second kappa shape index (κ2) is 12.2. The number of nitrogens with zero attached hydrogens (tertiary/aromatic N) is 1. The summed E-state index contributed by atoms with van der Waals surface area (Å²) < 4.78 is 33.8. The molecule has 0 bridgehead atoms. The zero-order valence-corrected chi connectivity index (χ0v) is 23.5. The van der Waals surface area contributed by atoms with Crippen LogP contribution in [0.5, 0.6) is 5.75 Å². The van der Waals surface area contributed by atoms with Crippen molar-refractivity contribution in [3.05, 3.63) is 123 Å². The van der Waals surface area contributed by atoms with Crippen molar-refractivity contribution < 1.29 is 22.7 Å².